The second-order valence-corrected chi connectivity index (χ2v) is 11.5. The molecule has 1 N–H and O–H groups in total. The van der Waals surface area contributed by atoms with Crippen molar-refractivity contribution < 1.29 is 23.9 Å². The fraction of sp³-hybridized carbons (Fsp3) is 0.353. The van der Waals surface area contributed by atoms with Gasteiger partial charge < -0.3 is 19.9 Å². The van der Waals surface area contributed by atoms with Crippen molar-refractivity contribution in [1.82, 2.24) is 4.90 Å². The van der Waals surface area contributed by atoms with Gasteiger partial charge in [0.15, 0.2) is 0 Å². The van der Waals surface area contributed by atoms with Crippen molar-refractivity contribution >= 4 is 40.6 Å². The highest BCUT2D eigenvalue weighted by Crippen LogP contribution is 2.39. The highest BCUT2D eigenvalue weighted by molar-refractivity contribution is 6.52. The molecule has 2 fully saturated rings. The maximum atomic E-state index is 14.3. The lowest BCUT2D eigenvalue weighted by molar-refractivity contribution is -0.145. The summed E-state index contributed by atoms with van der Waals surface area (Å²) >= 11 is 0. The van der Waals surface area contributed by atoms with E-state index in [9.17, 15) is 19.2 Å². The molecule has 0 aromatic heterocycles. The van der Waals surface area contributed by atoms with Crippen molar-refractivity contribution in [2.75, 3.05) is 48.0 Å². The van der Waals surface area contributed by atoms with Crippen LogP contribution in [0.2, 0.25) is 0 Å². The Balaban J connectivity index is 1.29. The number of anilines is 3. The first-order valence-electron chi connectivity index (χ1n) is 14.9. The van der Waals surface area contributed by atoms with Crippen molar-refractivity contribution in [1.29, 1.82) is 0 Å². The number of hydrogen-bond donors (Lipinski definition) is 1. The third kappa shape index (κ3) is 5.52. The molecule has 0 bridgehead atoms. The molecule has 1 aliphatic carbocycles. The summed E-state index contributed by atoms with van der Waals surface area (Å²) in [6.45, 7) is 4.89. The SMILES string of the molecule is Cc1ccccc1CN(C(=O)CN1C(=O)C(=O)c2ccccc21)C1(C(=O)Nc2ccc(N3CCOCC3)cc2)CCCC1. The molecule has 222 valence electrons. The predicted octanol–water partition coefficient (Wildman–Crippen LogP) is 4.34. The summed E-state index contributed by atoms with van der Waals surface area (Å²) in [4.78, 5) is 59.3. The van der Waals surface area contributed by atoms with Gasteiger partial charge in [-0.25, -0.2) is 0 Å². The lowest BCUT2D eigenvalue weighted by Crippen LogP contribution is -2.59. The van der Waals surface area contributed by atoms with Crippen LogP contribution in [-0.2, 0) is 25.7 Å². The van der Waals surface area contributed by atoms with Crippen molar-refractivity contribution in [2.45, 2.75) is 44.7 Å². The summed E-state index contributed by atoms with van der Waals surface area (Å²) in [7, 11) is 0. The van der Waals surface area contributed by atoms with Gasteiger partial charge in [0.2, 0.25) is 11.8 Å². The van der Waals surface area contributed by atoms with Gasteiger partial charge in [0.05, 0.1) is 24.5 Å². The summed E-state index contributed by atoms with van der Waals surface area (Å²) in [5, 5.41) is 3.11. The quantitative estimate of drug-likeness (QED) is 0.398. The summed E-state index contributed by atoms with van der Waals surface area (Å²) in [6, 6.07) is 22.3. The number of morpholine rings is 1. The Kier molecular flexibility index (Phi) is 7.99. The van der Waals surface area contributed by atoms with Crippen molar-refractivity contribution in [2.24, 2.45) is 0 Å². The molecule has 2 heterocycles. The number of Topliss-reactive ketones (excluding diaryl/α,β-unsaturated/α-hetero) is 1. The Morgan fingerprint density at radius 3 is 2.30 bits per heavy atom. The Morgan fingerprint density at radius 1 is 0.907 bits per heavy atom. The molecule has 0 spiro atoms. The van der Waals surface area contributed by atoms with E-state index < -0.39 is 17.2 Å². The number of aryl methyl sites for hydroxylation is 1. The van der Waals surface area contributed by atoms with E-state index in [2.05, 4.69) is 10.2 Å². The molecule has 1 saturated heterocycles. The molecule has 3 aromatic carbocycles. The van der Waals surface area contributed by atoms with Crippen molar-refractivity contribution in [3.63, 3.8) is 0 Å². The molecule has 3 aromatic rings. The molecular weight excluding hydrogens is 544 g/mol. The van der Waals surface area contributed by atoms with Crippen LogP contribution in [0.1, 0.15) is 47.2 Å². The van der Waals surface area contributed by atoms with Gasteiger partial charge in [0.25, 0.3) is 11.7 Å². The van der Waals surface area contributed by atoms with Crippen LogP contribution in [0.25, 0.3) is 0 Å². The molecule has 0 atom stereocenters. The van der Waals surface area contributed by atoms with Crippen LogP contribution in [0.3, 0.4) is 0 Å². The van der Waals surface area contributed by atoms with E-state index in [1.165, 1.54) is 4.90 Å². The van der Waals surface area contributed by atoms with Crippen molar-refractivity contribution in [3.05, 3.63) is 89.5 Å². The molecule has 9 nitrogen and oxygen atoms in total. The maximum absolute atomic E-state index is 14.3. The van der Waals surface area contributed by atoms with Gasteiger partial charge >= 0.3 is 0 Å². The minimum absolute atomic E-state index is 0.215. The van der Waals surface area contributed by atoms with Crippen LogP contribution < -0.4 is 15.1 Å². The predicted molar refractivity (Wildman–Crippen MR) is 164 cm³/mol. The van der Waals surface area contributed by atoms with Crippen LogP contribution in [0.4, 0.5) is 17.1 Å². The number of ketones is 1. The van der Waals surface area contributed by atoms with Crippen LogP contribution in [0.15, 0.2) is 72.8 Å². The summed E-state index contributed by atoms with van der Waals surface area (Å²) in [6.07, 6.45) is 2.60. The summed E-state index contributed by atoms with van der Waals surface area (Å²) < 4.78 is 5.46. The van der Waals surface area contributed by atoms with Crippen LogP contribution in [-0.4, -0.2) is 66.8 Å². The lowest BCUT2D eigenvalue weighted by atomic mass is 9.91. The number of carbonyl (C=O) groups is 4. The second kappa shape index (κ2) is 12.0. The highest BCUT2D eigenvalue weighted by Gasteiger charge is 2.49. The lowest BCUT2D eigenvalue weighted by Gasteiger charge is -2.41. The van der Waals surface area contributed by atoms with Gasteiger partial charge in [-0.05, 0) is 67.3 Å². The smallest absolute Gasteiger partial charge is 0.299 e. The topological polar surface area (TPSA) is 99.3 Å². The molecule has 6 rings (SSSR count). The fourth-order valence-electron chi connectivity index (χ4n) is 6.47. The molecule has 43 heavy (non-hydrogen) atoms. The van der Waals surface area contributed by atoms with E-state index in [-0.39, 0.29) is 24.9 Å². The minimum Gasteiger partial charge on any atom is -0.378 e. The average molecular weight is 581 g/mol. The monoisotopic (exact) mass is 580 g/mol. The second-order valence-electron chi connectivity index (χ2n) is 11.5. The molecule has 0 unspecified atom stereocenters. The number of nitrogens with one attached hydrogen (secondary N) is 1. The van der Waals surface area contributed by atoms with Crippen LogP contribution in [0, 0.1) is 6.92 Å². The van der Waals surface area contributed by atoms with E-state index in [4.69, 9.17) is 4.74 Å². The Morgan fingerprint density at radius 2 is 1.58 bits per heavy atom. The van der Waals surface area contributed by atoms with Gasteiger partial charge in [-0.15, -0.1) is 0 Å². The van der Waals surface area contributed by atoms with Gasteiger partial charge in [-0.2, -0.15) is 0 Å². The minimum atomic E-state index is -1.10. The Labute approximate surface area is 251 Å². The number of amides is 3. The van der Waals surface area contributed by atoms with E-state index in [1.807, 2.05) is 55.5 Å². The Hall–Kier alpha value is -4.50. The number of fused-ring (bicyclic) bond motifs is 1. The molecule has 3 aliphatic rings. The van der Waals surface area contributed by atoms with Crippen LogP contribution in [0.5, 0.6) is 0 Å². The number of para-hydroxylation sites is 1. The number of ether oxygens (including phenoxy) is 1. The molecule has 1 saturated carbocycles. The standard InChI is InChI=1S/C34H36N4O5/c1-24-8-2-3-9-25(24)22-38(30(39)23-37-29-11-5-4-10-28(29)31(40)32(37)41)34(16-6-7-17-34)33(42)35-26-12-14-27(15-13-26)36-18-20-43-21-19-36/h2-5,8-15H,6-7,16-23H2,1H3,(H,35,42). The first-order chi connectivity index (χ1) is 20.9. The summed E-state index contributed by atoms with van der Waals surface area (Å²) in [5.74, 6) is -1.96. The largest absolute Gasteiger partial charge is 0.378 e. The van der Waals surface area contributed by atoms with Crippen molar-refractivity contribution in [3.8, 4) is 0 Å². The fourth-order valence-corrected chi connectivity index (χ4v) is 6.47. The third-order valence-corrected chi connectivity index (χ3v) is 8.93. The van der Waals surface area contributed by atoms with E-state index in [0.29, 0.717) is 43.0 Å². The molecule has 0 radical (unpaired) electrons. The normalized spacial score (nSPS) is 17.6. The number of nitrogens with zero attached hydrogens (tertiary/aromatic N) is 3. The maximum Gasteiger partial charge on any atom is 0.299 e. The van der Waals surface area contributed by atoms with Gasteiger partial charge in [0.1, 0.15) is 12.1 Å². The van der Waals surface area contributed by atoms with E-state index in [1.54, 1.807) is 29.2 Å². The first-order valence-corrected chi connectivity index (χ1v) is 14.9. The molecular formula is C34H36N4O5. The zero-order valence-electron chi connectivity index (χ0n) is 24.4. The van der Waals surface area contributed by atoms with Crippen LogP contribution >= 0.6 is 0 Å². The zero-order valence-corrected chi connectivity index (χ0v) is 24.4. The highest BCUT2D eigenvalue weighted by atomic mass is 16.5. The van der Waals surface area contributed by atoms with Gasteiger partial charge in [-0.1, -0.05) is 49.2 Å². The van der Waals surface area contributed by atoms with E-state index >= 15 is 0 Å². The molecule has 9 heteroatoms. The average Bonchev–Trinajstić information content (AvgIpc) is 3.62. The summed E-state index contributed by atoms with van der Waals surface area (Å²) in [5.41, 5.74) is 3.27. The molecule has 2 aliphatic heterocycles. The zero-order chi connectivity index (χ0) is 30.0. The molecule has 3 amide bonds. The number of carbonyl (C=O) groups excluding carboxylic acids is 4. The van der Waals surface area contributed by atoms with Gasteiger partial charge in [-0.3, -0.25) is 24.1 Å². The number of rotatable bonds is 8. The Bertz CT molecular complexity index is 1540. The van der Waals surface area contributed by atoms with E-state index in [0.717, 1.165) is 42.7 Å². The number of hydrogen-bond acceptors (Lipinski definition) is 6. The third-order valence-electron chi connectivity index (χ3n) is 8.93. The van der Waals surface area contributed by atoms with Gasteiger partial charge in [0, 0.05) is 31.0 Å². The number of benzene rings is 3. The first kappa shape index (κ1) is 28.6.